The Kier molecular flexibility index (Phi) is 4.87. The Bertz CT molecular complexity index is 385. The van der Waals surface area contributed by atoms with Gasteiger partial charge >= 0.3 is 6.18 Å². The minimum absolute atomic E-state index is 0.0140. The van der Waals surface area contributed by atoms with Crippen LogP contribution in [0.1, 0.15) is 37.0 Å². The average Bonchev–Trinajstić information content (AvgIpc) is 3.05. The van der Waals surface area contributed by atoms with E-state index < -0.39 is 12.6 Å². The zero-order valence-corrected chi connectivity index (χ0v) is 10.6. The fraction of sp³-hybridized carbons (Fsp3) is 0.692. The first-order chi connectivity index (χ1) is 9.04. The van der Waals surface area contributed by atoms with Gasteiger partial charge in [0.25, 0.3) is 0 Å². The van der Waals surface area contributed by atoms with Crippen molar-refractivity contribution >= 4 is 0 Å². The van der Waals surface area contributed by atoms with Gasteiger partial charge in [-0.3, -0.25) is 0 Å². The van der Waals surface area contributed by atoms with Gasteiger partial charge in [0, 0.05) is 31.2 Å². The fourth-order valence-electron chi connectivity index (χ4n) is 1.73. The second-order valence-electron chi connectivity index (χ2n) is 4.80. The molecule has 3 nitrogen and oxygen atoms in total. The van der Waals surface area contributed by atoms with Gasteiger partial charge in [0.1, 0.15) is 12.4 Å². The van der Waals surface area contributed by atoms with Crippen LogP contribution >= 0.6 is 0 Å². The summed E-state index contributed by atoms with van der Waals surface area (Å²) in [6.07, 6.45) is -0.922. The summed E-state index contributed by atoms with van der Waals surface area (Å²) >= 11 is 0. The van der Waals surface area contributed by atoms with Crippen molar-refractivity contribution in [1.29, 1.82) is 0 Å². The van der Waals surface area contributed by atoms with Crippen LogP contribution in [0.4, 0.5) is 13.2 Å². The lowest BCUT2D eigenvalue weighted by Crippen LogP contribution is -2.16. The van der Waals surface area contributed by atoms with Gasteiger partial charge in [-0.05, 0) is 25.3 Å². The Hall–Kier alpha value is -1.01. The van der Waals surface area contributed by atoms with Crippen LogP contribution in [0.5, 0.6) is 0 Å². The van der Waals surface area contributed by atoms with E-state index in [1.807, 2.05) is 6.07 Å². The van der Waals surface area contributed by atoms with Gasteiger partial charge in [-0.25, -0.2) is 0 Å². The molecule has 1 aliphatic rings. The highest BCUT2D eigenvalue weighted by Gasteiger charge is 2.26. The molecular formula is C13H18F3NO2. The Balaban J connectivity index is 1.63. The molecule has 19 heavy (non-hydrogen) atoms. The first-order valence-corrected chi connectivity index (χ1v) is 6.48. The average molecular weight is 277 g/mol. The van der Waals surface area contributed by atoms with E-state index in [1.165, 1.54) is 12.8 Å². The van der Waals surface area contributed by atoms with E-state index in [4.69, 9.17) is 9.15 Å². The second kappa shape index (κ2) is 6.43. The number of ether oxygens (including phenoxy) is 1. The predicted molar refractivity (Wildman–Crippen MR) is 63.5 cm³/mol. The van der Waals surface area contributed by atoms with Gasteiger partial charge in [-0.2, -0.15) is 13.2 Å². The van der Waals surface area contributed by atoms with Crippen LogP contribution in [0.2, 0.25) is 0 Å². The van der Waals surface area contributed by atoms with Crippen molar-refractivity contribution in [3.63, 3.8) is 0 Å². The van der Waals surface area contributed by atoms with E-state index in [2.05, 4.69) is 5.32 Å². The molecule has 0 unspecified atom stereocenters. The molecule has 0 spiro atoms. The summed E-state index contributed by atoms with van der Waals surface area (Å²) in [5.41, 5.74) is 1.02. The van der Waals surface area contributed by atoms with E-state index in [1.54, 1.807) is 6.26 Å². The van der Waals surface area contributed by atoms with Crippen LogP contribution in [0.15, 0.2) is 16.7 Å². The molecule has 1 saturated carbocycles. The maximum atomic E-state index is 11.9. The number of hydrogen-bond donors (Lipinski definition) is 1. The number of rotatable bonds is 8. The van der Waals surface area contributed by atoms with E-state index >= 15 is 0 Å². The maximum Gasteiger partial charge on any atom is 0.389 e. The highest BCUT2D eigenvalue weighted by Crippen LogP contribution is 2.22. The molecule has 0 saturated heterocycles. The number of furan rings is 1. The Labute approximate surface area is 110 Å². The molecule has 1 aromatic heterocycles. The van der Waals surface area contributed by atoms with Crippen LogP contribution in [0.25, 0.3) is 0 Å². The quantitative estimate of drug-likeness (QED) is 0.740. The first kappa shape index (κ1) is 14.4. The van der Waals surface area contributed by atoms with Crippen LogP contribution < -0.4 is 5.32 Å². The molecule has 0 amide bonds. The van der Waals surface area contributed by atoms with Crippen molar-refractivity contribution in [2.24, 2.45) is 0 Å². The van der Waals surface area contributed by atoms with Crippen LogP contribution in [0, 0.1) is 0 Å². The first-order valence-electron chi connectivity index (χ1n) is 6.48. The van der Waals surface area contributed by atoms with Crippen molar-refractivity contribution in [2.45, 2.75) is 51.1 Å². The zero-order chi connectivity index (χ0) is 13.7. The van der Waals surface area contributed by atoms with E-state index in [9.17, 15) is 13.2 Å². The molecule has 1 fully saturated rings. The zero-order valence-electron chi connectivity index (χ0n) is 10.6. The Morgan fingerprint density at radius 2 is 2.16 bits per heavy atom. The van der Waals surface area contributed by atoms with Crippen LogP contribution in [0.3, 0.4) is 0 Å². The van der Waals surface area contributed by atoms with Gasteiger partial charge in [0.2, 0.25) is 0 Å². The minimum Gasteiger partial charge on any atom is -0.467 e. The molecule has 0 radical (unpaired) electrons. The van der Waals surface area contributed by atoms with Crippen molar-refractivity contribution in [3.05, 3.63) is 23.7 Å². The lowest BCUT2D eigenvalue weighted by Gasteiger charge is -2.07. The van der Waals surface area contributed by atoms with E-state index in [-0.39, 0.29) is 19.6 Å². The van der Waals surface area contributed by atoms with Crippen molar-refractivity contribution in [1.82, 2.24) is 5.32 Å². The van der Waals surface area contributed by atoms with Crippen molar-refractivity contribution in [3.8, 4) is 0 Å². The molecular weight excluding hydrogens is 259 g/mol. The summed E-state index contributed by atoms with van der Waals surface area (Å²) in [5, 5.41) is 3.36. The van der Waals surface area contributed by atoms with Gasteiger partial charge in [-0.15, -0.1) is 0 Å². The molecule has 0 bridgehead atoms. The molecule has 0 atom stereocenters. The Morgan fingerprint density at radius 1 is 1.37 bits per heavy atom. The lowest BCUT2D eigenvalue weighted by molar-refractivity contribution is -0.138. The summed E-state index contributed by atoms with van der Waals surface area (Å²) < 4.78 is 46.3. The topological polar surface area (TPSA) is 34.4 Å². The monoisotopic (exact) mass is 277 g/mol. The van der Waals surface area contributed by atoms with Gasteiger partial charge in [0.15, 0.2) is 0 Å². The van der Waals surface area contributed by atoms with Gasteiger partial charge < -0.3 is 14.5 Å². The minimum atomic E-state index is -4.10. The SMILES string of the molecule is FC(F)(F)CCCOCc1occc1CNC1CC1. The molecule has 2 rings (SSSR count). The van der Waals surface area contributed by atoms with Gasteiger partial charge in [0.05, 0.1) is 6.26 Å². The molecule has 1 aromatic rings. The van der Waals surface area contributed by atoms with E-state index in [0.29, 0.717) is 11.8 Å². The molecule has 0 aromatic carbocycles. The second-order valence-corrected chi connectivity index (χ2v) is 4.80. The molecule has 1 heterocycles. The van der Waals surface area contributed by atoms with E-state index in [0.717, 1.165) is 12.1 Å². The standard InChI is InChI=1S/C13H18F3NO2/c14-13(15,16)5-1-6-18-9-12-10(4-7-19-12)8-17-11-2-3-11/h4,7,11,17H,1-3,5-6,8-9H2. The number of alkyl halides is 3. The van der Waals surface area contributed by atoms with Gasteiger partial charge in [-0.1, -0.05) is 0 Å². The highest BCUT2D eigenvalue weighted by atomic mass is 19.4. The van der Waals surface area contributed by atoms with Crippen LogP contribution in [-0.2, 0) is 17.9 Å². The summed E-state index contributed by atoms with van der Waals surface area (Å²) in [6, 6.07) is 2.47. The third-order valence-corrected chi connectivity index (χ3v) is 2.98. The summed E-state index contributed by atoms with van der Waals surface area (Å²) in [4.78, 5) is 0. The fourth-order valence-corrected chi connectivity index (χ4v) is 1.73. The lowest BCUT2D eigenvalue weighted by atomic mass is 10.2. The molecule has 108 valence electrons. The maximum absolute atomic E-state index is 11.9. The smallest absolute Gasteiger partial charge is 0.389 e. The highest BCUT2D eigenvalue weighted by molar-refractivity contribution is 5.16. The molecule has 0 aliphatic heterocycles. The number of nitrogens with one attached hydrogen (secondary N) is 1. The summed E-state index contributed by atoms with van der Waals surface area (Å²) in [6.45, 7) is 1.05. The number of halogens is 3. The third kappa shape index (κ3) is 5.65. The molecule has 1 aliphatic carbocycles. The summed E-state index contributed by atoms with van der Waals surface area (Å²) in [7, 11) is 0. The number of hydrogen-bond acceptors (Lipinski definition) is 3. The van der Waals surface area contributed by atoms with Crippen molar-refractivity contribution in [2.75, 3.05) is 6.61 Å². The molecule has 1 N–H and O–H groups in total. The van der Waals surface area contributed by atoms with Crippen LogP contribution in [-0.4, -0.2) is 18.8 Å². The van der Waals surface area contributed by atoms with Crippen molar-refractivity contribution < 1.29 is 22.3 Å². The largest absolute Gasteiger partial charge is 0.467 e. The molecule has 6 heteroatoms. The Morgan fingerprint density at radius 3 is 2.84 bits per heavy atom. The third-order valence-electron chi connectivity index (χ3n) is 2.98. The normalized spacial score (nSPS) is 15.9. The predicted octanol–water partition coefficient (Wildman–Crippen LogP) is 3.39. The summed E-state index contributed by atoms with van der Waals surface area (Å²) in [5.74, 6) is 0.695.